The first kappa shape index (κ1) is 15.0. The molecule has 0 saturated carbocycles. The standard InChI is InChI=1S/C9H17NO2.ClH/c1-6(8(11)12)5-7(2)9(3,4)10;/h5,7H,10H2,1-4H3,(H,11,12);1H. The van der Waals surface area contributed by atoms with Gasteiger partial charge < -0.3 is 23.2 Å². The fourth-order valence-electron chi connectivity index (χ4n) is 0.672. The highest BCUT2D eigenvalue weighted by atomic mass is 35.5. The Bertz CT molecular complexity index is 206. The molecule has 0 bridgehead atoms. The van der Waals surface area contributed by atoms with E-state index >= 15 is 0 Å². The zero-order valence-electron chi connectivity index (χ0n) is 8.60. The molecule has 0 aromatic rings. The van der Waals surface area contributed by atoms with E-state index in [1.807, 2.05) is 20.8 Å². The van der Waals surface area contributed by atoms with Crippen LogP contribution in [0.3, 0.4) is 0 Å². The second-order valence-corrected chi connectivity index (χ2v) is 3.93. The molecule has 0 rings (SSSR count). The van der Waals surface area contributed by atoms with E-state index in [1.165, 1.54) is 0 Å². The number of aliphatic carboxylic acids is 1. The molecule has 0 heterocycles. The lowest BCUT2D eigenvalue weighted by atomic mass is 9.89. The molecule has 78 valence electrons. The van der Waals surface area contributed by atoms with Crippen LogP contribution >= 0.6 is 0 Å². The van der Waals surface area contributed by atoms with Crippen molar-refractivity contribution in [3.05, 3.63) is 11.6 Å². The van der Waals surface area contributed by atoms with Crippen LogP contribution in [0.5, 0.6) is 0 Å². The van der Waals surface area contributed by atoms with E-state index in [9.17, 15) is 4.79 Å². The van der Waals surface area contributed by atoms with Crippen molar-refractivity contribution in [2.45, 2.75) is 33.2 Å². The average molecular weight is 208 g/mol. The second kappa shape index (κ2) is 5.25. The van der Waals surface area contributed by atoms with Gasteiger partial charge in [-0.05, 0) is 20.8 Å². The van der Waals surface area contributed by atoms with Gasteiger partial charge in [0.25, 0.3) is 0 Å². The molecule has 0 saturated heterocycles. The molecule has 4 N–H and O–H groups in total. The van der Waals surface area contributed by atoms with Crippen LogP contribution in [-0.4, -0.2) is 16.6 Å². The Morgan fingerprint density at radius 2 is 1.92 bits per heavy atom. The summed E-state index contributed by atoms with van der Waals surface area (Å²) in [6.07, 6.45) is 1.75. The number of hydrogen-bond donors (Lipinski definition) is 2. The molecular weight excluding hydrogens is 190 g/mol. The Morgan fingerprint density at radius 1 is 1.54 bits per heavy atom. The predicted octanol–water partition coefficient (Wildman–Crippen LogP) is -2.32. The third-order valence-corrected chi connectivity index (χ3v) is 2.07. The molecule has 0 aromatic heterocycles. The average Bonchev–Trinajstić information content (AvgIpc) is 1.85. The third kappa shape index (κ3) is 5.66. The molecule has 0 spiro atoms. The minimum atomic E-state index is -0.855. The normalized spacial score (nSPS) is 14.7. The van der Waals surface area contributed by atoms with Crippen molar-refractivity contribution in [1.82, 2.24) is 0 Å². The summed E-state index contributed by atoms with van der Waals surface area (Å²) in [7, 11) is 0. The van der Waals surface area contributed by atoms with Gasteiger partial charge in [-0.3, -0.25) is 0 Å². The minimum absolute atomic E-state index is 0. The maximum Gasteiger partial charge on any atom is 0.330 e. The number of rotatable bonds is 3. The number of carboxylic acid groups (broad SMARTS) is 1. The highest BCUT2D eigenvalue weighted by Gasteiger charge is 2.23. The molecule has 0 aliphatic rings. The monoisotopic (exact) mass is 207 g/mol. The molecule has 0 aromatic carbocycles. The summed E-state index contributed by atoms with van der Waals surface area (Å²) in [6, 6.07) is 0. The first-order valence-electron chi connectivity index (χ1n) is 4.02. The van der Waals surface area contributed by atoms with Crippen LogP contribution in [0.2, 0.25) is 0 Å². The van der Waals surface area contributed by atoms with Crippen molar-refractivity contribution < 1.29 is 28.0 Å². The Morgan fingerprint density at radius 3 is 2.15 bits per heavy atom. The summed E-state index contributed by atoms with van der Waals surface area (Å²) in [5, 5.41) is 8.61. The molecule has 1 unspecified atom stereocenters. The van der Waals surface area contributed by atoms with E-state index in [1.54, 1.807) is 13.0 Å². The van der Waals surface area contributed by atoms with E-state index < -0.39 is 5.97 Å². The number of carbonyl (C=O) groups is 1. The Hall–Kier alpha value is -0.540. The lowest BCUT2D eigenvalue weighted by Gasteiger charge is -2.20. The third-order valence-electron chi connectivity index (χ3n) is 2.07. The summed E-state index contributed by atoms with van der Waals surface area (Å²) in [5.74, 6) is -0.681. The molecule has 0 fully saturated rings. The summed E-state index contributed by atoms with van der Waals surface area (Å²) >= 11 is 0. The summed E-state index contributed by atoms with van der Waals surface area (Å²) in [6.45, 7) is 7.55. The van der Waals surface area contributed by atoms with E-state index in [0.29, 0.717) is 5.57 Å². The molecule has 3 nitrogen and oxygen atoms in total. The van der Waals surface area contributed by atoms with Crippen LogP contribution in [-0.2, 0) is 4.79 Å². The van der Waals surface area contributed by atoms with Crippen molar-refractivity contribution in [3.8, 4) is 0 Å². The van der Waals surface area contributed by atoms with E-state index in [4.69, 9.17) is 5.11 Å². The van der Waals surface area contributed by atoms with Gasteiger partial charge in [-0.1, -0.05) is 13.0 Å². The molecule has 0 aliphatic heterocycles. The SMILES string of the molecule is CC(=CC(C)C(C)(C)[NH3+])C(=O)O.[Cl-]. The molecule has 0 radical (unpaired) electrons. The fourth-order valence-corrected chi connectivity index (χ4v) is 0.672. The first-order valence-corrected chi connectivity index (χ1v) is 4.02. The maximum atomic E-state index is 10.5. The van der Waals surface area contributed by atoms with Crippen LogP contribution in [0.1, 0.15) is 27.7 Å². The van der Waals surface area contributed by atoms with Gasteiger partial charge in [-0.2, -0.15) is 0 Å². The number of quaternary nitrogens is 1. The van der Waals surface area contributed by atoms with Crippen LogP contribution in [0.25, 0.3) is 0 Å². The van der Waals surface area contributed by atoms with Gasteiger partial charge in [0.05, 0.1) is 5.54 Å². The molecule has 1 atom stereocenters. The van der Waals surface area contributed by atoms with Crippen molar-refractivity contribution in [1.29, 1.82) is 0 Å². The van der Waals surface area contributed by atoms with E-state index in [2.05, 4.69) is 5.73 Å². The number of halogens is 1. The molecule has 13 heavy (non-hydrogen) atoms. The first-order chi connectivity index (χ1) is 5.25. The number of hydrogen-bond acceptors (Lipinski definition) is 1. The van der Waals surface area contributed by atoms with Crippen molar-refractivity contribution in [2.75, 3.05) is 0 Å². The Labute approximate surface area is 85.4 Å². The zero-order valence-corrected chi connectivity index (χ0v) is 9.35. The van der Waals surface area contributed by atoms with Gasteiger partial charge in [-0.15, -0.1) is 0 Å². The van der Waals surface area contributed by atoms with Crippen LogP contribution < -0.4 is 18.1 Å². The minimum Gasteiger partial charge on any atom is -1.00 e. The van der Waals surface area contributed by atoms with Crippen molar-refractivity contribution in [3.63, 3.8) is 0 Å². The van der Waals surface area contributed by atoms with Gasteiger partial charge in [0.2, 0.25) is 0 Å². The zero-order chi connectivity index (χ0) is 9.94. The summed E-state index contributed by atoms with van der Waals surface area (Å²) in [5.41, 5.74) is 4.22. The lowest BCUT2D eigenvalue weighted by molar-refractivity contribution is -0.475. The fraction of sp³-hybridized carbons (Fsp3) is 0.667. The van der Waals surface area contributed by atoms with Gasteiger partial charge in [0.1, 0.15) is 0 Å². The largest absolute Gasteiger partial charge is 1.00 e. The number of carboxylic acids is 1. The van der Waals surface area contributed by atoms with Crippen molar-refractivity contribution in [2.24, 2.45) is 5.92 Å². The van der Waals surface area contributed by atoms with E-state index in [-0.39, 0.29) is 23.9 Å². The van der Waals surface area contributed by atoms with Gasteiger partial charge in [0.15, 0.2) is 0 Å². The Balaban J connectivity index is 0. The molecular formula is C9H18ClNO2. The quantitative estimate of drug-likeness (QED) is 0.511. The molecule has 0 aliphatic carbocycles. The van der Waals surface area contributed by atoms with Gasteiger partial charge in [-0.25, -0.2) is 4.79 Å². The van der Waals surface area contributed by atoms with Gasteiger partial charge in [0, 0.05) is 11.5 Å². The Kier molecular flexibility index (Phi) is 6.04. The van der Waals surface area contributed by atoms with Crippen molar-refractivity contribution >= 4 is 5.97 Å². The van der Waals surface area contributed by atoms with Crippen LogP contribution in [0.4, 0.5) is 0 Å². The smallest absolute Gasteiger partial charge is 0.330 e. The molecule has 4 heteroatoms. The second-order valence-electron chi connectivity index (χ2n) is 3.93. The summed E-state index contributed by atoms with van der Waals surface area (Å²) in [4.78, 5) is 10.5. The van der Waals surface area contributed by atoms with Crippen LogP contribution in [0.15, 0.2) is 11.6 Å². The lowest BCUT2D eigenvalue weighted by Crippen LogP contribution is -3.00. The van der Waals surface area contributed by atoms with Gasteiger partial charge >= 0.3 is 5.97 Å². The maximum absolute atomic E-state index is 10.5. The highest BCUT2D eigenvalue weighted by Crippen LogP contribution is 2.14. The predicted molar refractivity (Wildman–Crippen MR) is 47.5 cm³/mol. The highest BCUT2D eigenvalue weighted by molar-refractivity contribution is 5.85. The van der Waals surface area contributed by atoms with Crippen LogP contribution in [0, 0.1) is 5.92 Å². The summed E-state index contributed by atoms with van der Waals surface area (Å²) < 4.78 is 0. The molecule has 0 amide bonds. The topological polar surface area (TPSA) is 64.9 Å². The van der Waals surface area contributed by atoms with E-state index in [0.717, 1.165) is 0 Å².